The van der Waals surface area contributed by atoms with Crippen LogP contribution in [0.1, 0.15) is 0 Å². The van der Waals surface area contributed by atoms with E-state index in [4.69, 9.17) is 0 Å². The molecule has 0 unspecified atom stereocenters. The van der Waals surface area contributed by atoms with E-state index in [2.05, 4.69) is 10.2 Å². The molecule has 0 amide bonds. The van der Waals surface area contributed by atoms with Gasteiger partial charge in [0.1, 0.15) is 0 Å². The third-order valence-electron chi connectivity index (χ3n) is 3.12. The highest BCUT2D eigenvalue weighted by Gasteiger charge is 2.61. The highest BCUT2D eigenvalue weighted by Crippen LogP contribution is 2.46. The average molecular weight is 338 g/mol. The van der Waals surface area contributed by atoms with Crippen LogP contribution in [0.15, 0.2) is 11.2 Å². The number of hydrogen-bond donors (Lipinski definition) is 1. The SMILES string of the molecule is O=S(=O)(c1cn[nH]n1)N1C[C@@H](C(F)(F)F)[C@@H](C(F)(F)F)C1. The van der Waals surface area contributed by atoms with Gasteiger partial charge in [0.25, 0.3) is 10.0 Å². The molecule has 0 saturated carbocycles. The second-order valence-corrected chi connectivity index (χ2v) is 6.31. The summed E-state index contributed by atoms with van der Waals surface area (Å²) in [5.74, 6) is -5.61. The van der Waals surface area contributed by atoms with E-state index in [1.165, 1.54) is 0 Å². The Morgan fingerprint density at radius 1 is 1.10 bits per heavy atom. The first-order valence-electron chi connectivity index (χ1n) is 5.43. The van der Waals surface area contributed by atoms with Crippen molar-refractivity contribution in [2.45, 2.75) is 17.4 Å². The molecule has 2 heterocycles. The lowest BCUT2D eigenvalue weighted by molar-refractivity contribution is -0.239. The summed E-state index contributed by atoms with van der Waals surface area (Å²) >= 11 is 0. The molecule has 6 nitrogen and oxygen atoms in total. The number of aromatic amines is 1. The van der Waals surface area contributed by atoms with Crippen molar-refractivity contribution in [3.8, 4) is 0 Å². The highest BCUT2D eigenvalue weighted by atomic mass is 32.2. The minimum Gasteiger partial charge on any atom is -0.205 e. The first-order valence-corrected chi connectivity index (χ1v) is 6.87. The van der Waals surface area contributed by atoms with Crippen molar-refractivity contribution in [1.82, 2.24) is 19.7 Å². The molecule has 0 radical (unpaired) electrons. The summed E-state index contributed by atoms with van der Waals surface area (Å²) < 4.78 is 100. The van der Waals surface area contributed by atoms with Gasteiger partial charge >= 0.3 is 12.4 Å². The van der Waals surface area contributed by atoms with Gasteiger partial charge in [-0.1, -0.05) is 0 Å². The Hall–Kier alpha value is -1.37. The van der Waals surface area contributed by atoms with Gasteiger partial charge in [-0.15, -0.1) is 5.10 Å². The second kappa shape index (κ2) is 4.83. The summed E-state index contributed by atoms with van der Waals surface area (Å²) in [6, 6.07) is 0. The maximum atomic E-state index is 12.7. The summed E-state index contributed by atoms with van der Waals surface area (Å²) in [6.45, 7) is -2.61. The minimum absolute atomic E-state index is 0.126. The number of nitrogens with one attached hydrogen (secondary N) is 1. The van der Waals surface area contributed by atoms with Crippen molar-refractivity contribution < 1.29 is 34.8 Å². The van der Waals surface area contributed by atoms with Crippen LogP contribution in [0.2, 0.25) is 0 Å². The van der Waals surface area contributed by atoms with Gasteiger partial charge in [0.2, 0.25) is 5.03 Å². The molecule has 0 bridgehead atoms. The maximum Gasteiger partial charge on any atom is 0.393 e. The number of sulfonamides is 1. The van der Waals surface area contributed by atoms with Crippen LogP contribution in [-0.4, -0.2) is 53.6 Å². The van der Waals surface area contributed by atoms with E-state index in [9.17, 15) is 34.8 Å². The summed E-state index contributed by atoms with van der Waals surface area (Å²) in [5.41, 5.74) is 0. The summed E-state index contributed by atoms with van der Waals surface area (Å²) in [5, 5.41) is 7.55. The molecule has 120 valence electrons. The van der Waals surface area contributed by atoms with Crippen molar-refractivity contribution in [2.75, 3.05) is 13.1 Å². The van der Waals surface area contributed by atoms with Crippen molar-refractivity contribution in [1.29, 1.82) is 0 Å². The molecule has 21 heavy (non-hydrogen) atoms. The van der Waals surface area contributed by atoms with Crippen molar-refractivity contribution in [2.24, 2.45) is 11.8 Å². The van der Waals surface area contributed by atoms with E-state index in [0.29, 0.717) is 6.20 Å². The van der Waals surface area contributed by atoms with Crippen LogP contribution in [0.5, 0.6) is 0 Å². The van der Waals surface area contributed by atoms with Crippen molar-refractivity contribution >= 4 is 10.0 Å². The molecule has 1 aromatic heterocycles. The van der Waals surface area contributed by atoms with E-state index in [1.807, 2.05) is 5.21 Å². The molecule has 13 heteroatoms. The van der Waals surface area contributed by atoms with Crippen LogP contribution in [0.4, 0.5) is 26.3 Å². The van der Waals surface area contributed by atoms with Gasteiger partial charge in [-0.05, 0) is 0 Å². The molecule has 2 rings (SSSR count). The Kier molecular flexibility index (Phi) is 3.68. The third-order valence-corrected chi connectivity index (χ3v) is 4.83. The number of H-pyrrole nitrogens is 1. The van der Waals surface area contributed by atoms with Crippen LogP contribution >= 0.6 is 0 Å². The average Bonchev–Trinajstić information content (AvgIpc) is 2.97. The molecule has 1 fully saturated rings. The number of nitrogens with zero attached hydrogens (tertiary/aromatic N) is 3. The van der Waals surface area contributed by atoms with Gasteiger partial charge in [0.05, 0.1) is 18.0 Å². The molecular formula is C8H8F6N4O2S. The summed E-state index contributed by atoms with van der Waals surface area (Å²) in [7, 11) is -4.55. The van der Waals surface area contributed by atoms with E-state index >= 15 is 0 Å². The summed E-state index contributed by atoms with van der Waals surface area (Å²) in [4.78, 5) is 0. The largest absolute Gasteiger partial charge is 0.393 e. The molecule has 1 saturated heterocycles. The lowest BCUT2D eigenvalue weighted by Gasteiger charge is -2.22. The lowest BCUT2D eigenvalue weighted by atomic mass is 9.95. The summed E-state index contributed by atoms with van der Waals surface area (Å²) in [6.07, 6.45) is -9.61. The minimum atomic E-state index is -5.16. The zero-order valence-electron chi connectivity index (χ0n) is 9.98. The number of hydrogen-bond acceptors (Lipinski definition) is 4. The fraction of sp³-hybridized carbons (Fsp3) is 0.750. The fourth-order valence-corrected chi connectivity index (χ4v) is 3.40. The smallest absolute Gasteiger partial charge is 0.205 e. The lowest BCUT2D eigenvalue weighted by Crippen LogP contribution is -2.37. The fourth-order valence-electron chi connectivity index (χ4n) is 2.07. The number of halogens is 6. The van der Waals surface area contributed by atoms with Gasteiger partial charge in [-0.25, -0.2) is 8.42 Å². The molecule has 0 aromatic carbocycles. The Balaban J connectivity index is 2.34. The van der Waals surface area contributed by atoms with Gasteiger partial charge in [0, 0.05) is 13.1 Å². The Labute approximate surface area is 114 Å². The normalized spacial score (nSPS) is 25.4. The number of aromatic nitrogens is 3. The standard InChI is InChI=1S/C8H8F6N4O2S/c9-7(10,11)4-2-18(3-5(4)8(12,13)14)21(19,20)6-1-15-17-16-6/h1,4-5H,2-3H2,(H,15,16,17)/t4-,5+. The topological polar surface area (TPSA) is 79.0 Å². The van der Waals surface area contributed by atoms with E-state index < -0.39 is 52.3 Å². The molecule has 1 aromatic rings. The van der Waals surface area contributed by atoms with Gasteiger partial charge in [0.15, 0.2) is 0 Å². The maximum absolute atomic E-state index is 12.7. The molecule has 1 aliphatic rings. The van der Waals surface area contributed by atoms with Crippen LogP contribution in [0.3, 0.4) is 0 Å². The molecule has 2 atom stereocenters. The van der Waals surface area contributed by atoms with Crippen LogP contribution in [-0.2, 0) is 10.0 Å². The van der Waals surface area contributed by atoms with Crippen LogP contribution in [0.25, 0.3) is 0 Å². The van der Waals surface area contributed by atoms with E-state index in [1.54, 1.807) is 0 Å². The monoisotopic (exact) mass is 338 g/mol. The second-order valence-electron chi connectivity index (χ2n) is 4.43. The van der Waals surface area contributed by atoms with Crippen LogP contribution < -0.4 is 0 Å². The Morgan fingerprint density at radius 3 is 1.90 bits per heavy atom. The highest BCUT2D eigenvalue weighted by molar-refractivity contribution is 7.89. The van der Waals surface area contributed by atoms with E-state index in [-0.39, 0.29) is 4.31 Å². The molecule has 1 N–H and O–H groups in total. The molecule has 0 aliphatic carbocycles. The van der Waals surface area contributed by atoms with Gasteiger partial charge < -0.3 is 0 Å². The predicted molar refractivity (Wildman–Crippen MR) is 54.2 cm³/mol. The third kappa shape index (κ3) is 2.97. The first-order chi connectivity index (χ1) is 9.44. The predicted octanol–water partition coefficient (Wildman–Crippen LogP) is 1.17. The van der Waals surface area contributed by atoms with Crippen LogP contribution in [0, 0.1) is 11.8 Å². The Bertz CT molecular complexity index is 573. The number of alkyl halides is 6. The van der Waals surface area contributed by atoms with E-state index in [0.717, 1.165) is 0 Å². The molecule has 1 aliphatic heterocycles. The van der Waals surface area contributed by atoms with Crippen molar-refractivity contribution in [3.05, 3.63) is 6.20 Å². The molecule has 0 spiro atoms. The van der Waals surface area contributed by atoms with Gasteiger partial charge in [-0.3, -0.25) is 0 Å². The quantitative estimate of drug-likeness (QED) is 0.821. The molecular weight excluding hydrogens is 330 g/mol. The number of rotatable bonds is 2. The zero-order valence-corrected chi connectivity index (χ0v) is 10.8. The first kappa shape index (κ1) is 16.0. The zero-order chi connectivity index (χ0) is 16.1. The van der Waals surface area contributed by atoms with Gasteiger partial charge in [-0.2, -0.15) is 41.0 Å². The van der Waals surface area contributed by atoms with Crippen molar-refractivity contribution in [3.63, 3.8) is 0 Å². The Morgan fingerprint density at radius 2 is 1.57 bits per heavy atom.